The van der Waals surface area contributed by atoms with Crippen LogP contribution in [-0.2, 0) is 6.67 Å². The molecule has 1 aromatic heterocycles. The topological polar surface area (TPSA) is 59.2 Å². The molecule has 1 amide bonds. The van der Waals surface area contributed by atoms with Crippen LogP contribution in [0.15, 0.2) is 12.1 Å². The molecule has 1 saturated heterocycles. The number of halogens is 3. The Labute approximate surface area is 114 Å². The van der Waals surface area contributed by atoms with Crippen LogP contribution in [0.5, 0.6) is 0 Å². The molecule has 1 aromatic rings. The number of hydrogen-bond acceptors (Lipinski definition) is 3. The molecule has 110 valence electrons. The zero-order valence-corrected chi connectivity index (χ0v) is 10.9. The van der Waals surface area contributed by atoms with Crippen molar-refractivity contribution in [3.8, 4) is 0 Å². The fourth-order valence-corrected chi connectivity index (χ4v) is 2.27. The second-order valence-corrected chi connectivity index (χ2v) is 4.87. The first-order chi connectivity index (χ1) is 9.43. The van der Waals surface area contributed by atoms with Gasteiger partial charge in [-0.25, -0.2) is 18.2 Å². The molecule has 7 heteroatoms. The molecule has 4 nitrogen and oxygen atoms in total. The van der Waals surface area contributed by atoms with E-state index in [1.807, 2.05) is 0 Å². The minimum absolute atomic E-state index is 0.0655. The zero-order chi connectivity index (χ0) is 14.8. The van der Waals surface area contributed by atoms with E-state index in [4.69, 9.17) is 5.73 Å². The molecule has 1 fully saturated rings. The number of anilines is 1. The number of alkyl halides is 3. The Hall–Kier alpha value is -1.79. The number of nitrogens with two attached hydrogens (primary N) is 1. The lowest BCUT2D eigenvalue weighted by Crippen LogP contribution is -2.29. The number of carbonyl (C=O) groups excluding carboxylic acids is 1. The highest BCUT2D eigenvalue weighted by atomic mass is 19.3. The normalized spacial score (nSPS) is 18.6. The summed E-state index contributed by atoms with van der Waals surface area (Å²) in [6.07, 6.45) is -0.225. The highest BCUT2D eigenvalue weighted by molar-refractivity contribution is 5.97. The fourth-order valence-electron chi connectivity index (χ4n) is 2.27. The summed E-state index contributed by atoms with van der Waals surface area (Å²) in [7, 11) is 0. The van der Waals surface area contributed by atoms with Gasteiger partial charge in [-0.2, -0.15) is 0 Å². The second kappa shape index (κ2) is 5.68. The first kappa shape index (κ1) is 14.6. The van der Waals surface area contributed by atoms with E-state index in [1.54, 1.807) is 4.90 Å². The van der Waals surface area contributed by atoms with Crippen LogP contribution in [0.3, 0.4) is 0 Å². The van der Waals surface area contributed by atoms with Gasteiger partial charge in [0.25, 0.3) is 5.91 Å². The van der Waals surface area contributed by atoms with Crippen LogP contribution in [0.1, 0.15) is 35.3 Å². The third kappa shape index (κ3) is 3.20. The van der Waals surface area contributed by atoms with Crippen molar-refractivity contribution in [2.24, 2.45) is 5.73 Å². The molecule has 2 heterocycles. The number of hydrogen-bond donors (Lipinski definition) is 1. The zero-order valence-electron chi connectivity index (χ0n) is 10.9. The van der Waals surface area contributed by atoms with Crippen molar-refractivity contribution in [2.75, 3.05) is 18.0 Å². The van der Waals surface area contributed by atoms with E-state index in [1.165, 1.54) is 12.1 Å². The average Bonchev–Trinajstić information content (AvgIpc) is 2.58. The number of carbonyl (C=O) groups is 1. The summed E-state index contributed by atoms with van der Waals surface area (Å²) in [4.78, 5) is 17.0. The van der Waals surface area contributed by atoms with Crippen molar-refractivity contribution in [1.29, 1.82) is 0 Å². The predicted octanol–water partition coefficient (Wildman–Crippen LogP) is 2.28. The van der Waals surface area contributed by atoms with Crippen LogP contribution in [-0.4, -0.2) is 29.9 Å². The minimum atomic E-state index is -2.71. The van der Waals surface area contributed by atoms with E-state index in [-0.39, 0.29) is 42.9 Å². The van der Waals surface area contributed by atoms with Gasteiger partial charge in [0.2, 0.25) is 5.92 Å². The molecule has 1 aliphatic heterocycles. The summed E-state index contributed by atoms with van der Waals surface area (Å²) in [5.74, 6) is -3.21. The van der Waals surface area contributed by atoms with E-state index >= 15 is 0 Å². The van der Waals surface area contributed by atoms with E-state index in [0.29, 0.717) is 6.54 Å². The van der Waals surface area contributed by atoms with Gasteiger partial charge in [0.1, 0.15) is 12.5 Å². The third-order valence-electron chi connectivity index (χ3n) is 3.35. The number of primary amides is 1. The number of nitrogens with zero attached hydrogens (tertiary/aromatic N) is 2. The van der Waals surface area contributed by atoms with Crippen molar-refractivity contribution < 1.29 is 18.0 Å². The van der Waals surface area contributed by atoms with Crippen molar-refractivity contribution >= 4 is 11.7 Å². The van der Waals surface area contributed by atoms with Crippen LogP contribution in [0.4, 0.5) is 19.0 Å². The lowest BCUT2D eigenvalue weighted by atomic mass is 10.1. The highest BCUT2D eigenvalue weighted by Gasteiger charge is 2.32. The summed E-state index contributed by atoms with van der Waals surface area (Å²) in [5.41, 5.74) is 5.54. The summed E-state index contributed by atoms with van der Waals surface area (Å²) in [5, 5.41) is 0. The van der Waals surface area contributed by atoms with Gasteiger partial charge in [0.15, 0.2) is 0 Å². The number of pyridine rings is 1. The lowest BCUT2D eigenvalue weighted by Gasteiger charge is -2.23. The van der Waals surface area contributed by atoms with Gasteiger partial charge in [-0.15, -0.1) is 0 Å². The Morgan fingerprint density at radius 2 is 2.10 bits per heavy atom. The molecule has 1 aliphatic rings. The van der Waals surface area contributed by atoms with E-state index in [9.17, 15) is 18.0 Å². The summed E-state index contributed by atoms with van der Waals surface area (Å²) in [6, 6.07) is 2.76. The van der Waals surface area contributed by atoms with Crippen molar-refractivity contribution in [3.05, 3.63) is 23.4 Å². The molecule has 0 atom stereocenters. The molecule has 0 spiro atoms. The summed E-state index contributed by atoms with van der Waals surface area (Å²) in [6.45, 7) is -0.370. The second-order valence-electron chi connectivity index (χ2n) is 4.87. The van der Waals surface area contributed by atoms with E-state index < -0.39 is 18.5 Å². The van der Waals surface area contributed by atoms with Crippen LogP contribution < -0.4 is 10.6 Å². The quantitative estimate of drug-likeness (QED) is 0.927. The first-order valence-corrected chi connectivity index (χ1v) is 6.41. The monoisotopic (exact) mass is 287 g/mol. The van der Waals surface area contributed by atoms with Crippen LogP contribution in [0.2, 0.25) is 0 Å². The van der Waals surface area contributed by atoms with Gasteiger partial charge in [0, 0.05) is 25.9 Å². The van der Waals surface area contributed by atoms with Gasteiger partial charge in [0.05, 0.1) is 11.3 Å². The number of amides is 1. The molecule has 0 radical (unpaired) electrons. The SMILES string of the molecule is NC(=O)c1ccc(CF)nc1N1CCCC(F)(F)CC1. The van der Waals surface area contributed by atoms with Crippen molar-refractivity contribution in [1.82, 2.24) is 4.98 Å². The standard InChI is InChI=1S/C13H16F3N3O/c14-8-9-2-3-10(11(17)20)12(18-9)19-6-1-4-13(15,16)5-7-19/h2-3H,1,4-8H2,(H2,17,20). The Morgan fingerprint density at radius 3 is 2.75 bits per heavy atom. The molecule has 20 heavy (non-hydrogen) atoms. The van der Waals surface area contributed by atoms with E-state index in [2.05, 4.69) is 4.98 Å². The molecule has 0 saturated carbocycles. The molecule has 0 aliphatic carbocycles. The molecule has 0 aromatic carbocycles. The smallest absolute Gasteiger partial charge is 0.252 e. The number of aromatic nitrogens is 1. The number of rotatable bonds is 3. The lowest BCUT2D eigenvalue weighted by molar-refractivity contribution is -0.0102. The Kier molecular flexibility index (Phi) is 4.15. The van der Waals surface area contributed by atoms with Crippen molar-refractivity contribution in [3.63, 3.8) is 0 Å². The maximum absolute atomic E-state index is 13.4. The Bertz CT molecular complexity index is 508. The third-order valence-corrected chi connectivity index (χ3v) is 3.35. The summed E-state index contributed by atoms with van der Waals surface area (Å²) >= 11 is 0. The highest BCUT2D eigenvalue weighted by Crippen LogP contribution is 2.30. The summed E-state index contributed by atoms with van der Waals surface area (Å²) < 4.78 is 39.4. The maximum atomic E-state index is 13.4. The molecule has 2 rings (SSSR count). The molecule has 2 N–H and O–H groups in total. The van der Waals surface area contributed by atoms with E-state index in [0.717, 1.165) is 0 Å². The van der Waals surface area contributed by atoms with Gasteiger partial charge in [-0.1, -0.05) is 0 Å². The minimum Gasteiger partial charge on any atom is -0.365 e. The predicted molar refractivity (Wildman–Crippen MR) is 68.6 cm³/mol. The molecule has 0 unspecified atom stereocenters. The van der Waals surface area contributed by atoms with Gasteiger partial charge in [-0.3, -0.25) is 4.79 Å². The van der Waals surface area contributed by atoms with Crippen LogP contribution in [0, 0.1) is 0 Å². The van der Waals surface area contributed by atoms with Crippen molar-refractivity contribution in [2.45, 2.75) is 31.9 Å². The molecular formula is C13H16F3N3O. The average molecular weight is 287 g/mol. The van der Waals surface area contributed by atoms with Gasteiger partial charge >= 0.3 is 0 Å². The van der Waals surface area contributed by atoms with Gasteiger partial charge < -0.3 is 10.6 Å². The van der Waals surface area contributed by atoms with Crippen LogP contribution in [0.25, 0.3) is 0 Å². The fraction of sp³-hybridized carbons (Fsp3) is 0.538. The Balaban J connectivity index is 2.32. The van der Waals surface area contributed by atoms with Crippen LogP contribution >= 0.6 is 0 Å². The maximum Gasteiger partial charge on any atom is 0.252 e. The molecular weight excluding hydrogens is 271 g/mol. The molecule has 0 bridgehead atoms. The Morgan fingerprint density at radius 1 is 1.35 bits per heavy atom. The van der Waals surface area contributed by atoms with Gasteiger partial charge in [-0.05, 0) is 18.6 Å². The first-order valence-electron chi connectivity index (χ1n) is 6.41. The largest absolute Gasteiger partial charge is 0.365 e.